The Balaban J connectivity index is 2.89. The van der Waals surface area contributed by atoms with Crippen LogP contribution in [-0.4, -0.2) is 26.9 Å². The van der Waals surface area contributed by atoms with E-state index in [1.165, 1.54) is 20.1 Å². The van der Waals surface area contributed by atoms with E-state index in [0.29, 0.717) is 5.82 Å². The van der Waals surface area contributed by atoms with Gasteiger partial charge in [0.25, 0.3) is 0 Å². The largest absolute Gasteiger partial charge is 0.512 e. The van der Waals surface area contributed by atoms with Crippen molar-refractivity contribution in [2.24, 2.45) is 12.0 Å². The molecule has 0 amide bonds. The van der Waals surface area contributed by atoms with Crippen molar-refractivity contribution in [1.29, 1.82) is 0 Å². The van der Waals surface area contributed by atoms with Crippen molar-refractivity contribution in [2.75, 3.05) is 0 Å². The smallest absolute Gasteiger partial charge is 0.173 e. The highest BCUT2D eigenvalue weighted by molar-refractivity contribution is 6.12. The van der Waals surface area contributed by atoms with Crippen molar-refractivity contribution < 1.29 is 9.90 Å². The fourth-order valence-electron chi connectivity index (χ4n) is 1.04. The molecule has 1 aromatic rings. The van der Waals surface area contributed by atoms with E-state index in [4.69, 9.17) is 0 Å². The number of Topliss-reactive ketones (excluding diaryl/α,β-unsaturated/α-hetero) is 1. The molecule has 0 bridgehead atoms. The number of aromatic nitrogens is 2. The van der Waals surface area contributed by atoms with E-state index in [0.717, 1.165) is 0 Å². The van der Waals surface area contributed by atoms with Crippen molar-refractivity contribution >= 4 is 17.8 Å². The lowest BCUT2D eigenvalue weighted by Crippen LogP contribution is -2.01. The SMILES string of the molecule is CC(=O)C(C=Nc1ccn(C)n1)=C(C)O. The van der Waals surface area contributed by atoms with Crippen LogP contribution < -0.4 is 0 Å². The minimum absolute atomic E-state index is 0.0396. The first-order valence-corrected chi connectivity index (χ1v) is 4.45. The molecule has 1 aromatic heterocycles. The number of rotatable bonds is 3. The van der Waals surface area contributed by atoms with Crippen molar-refractivity contribution in [3.8, 4) is 0 Å². The summed E-state index contributed by atoms with van der Waals surface area (Å²) in [7, 11) is 1.78. The molecule has 0 saturated carbocycles. The first kappa shape index (κ1) is 11.2. The zero-order chi connectivity index (χ0) is 11.4. The van der Waals surface area contributed by atoms with Gasteiger partial charge in [0.1, 0.15) is 5.76 Å². The number of nitrogens with zero attached hydrogens (tertiary/aromatic N) is 3. The van der Waals surface area contributed by atoms with Crippen LogP contribution in [0.1, 0.15) is 13.8 Å². The third-order valence-electron chi connectivity index (χ3n) is 1.79. The fourth-order valence-corrected chi connectivity index (χ4v) is 1.04. The Bertz CT molecular complexity index is 426. The molecular formula is C10H13N3O2. The molecule has 0 atom stereocenters. The van der Waals surface area contributed by atoms with Gasteiger partial charge in [0, 0.05) is 25.5 Å². The van der Waals surface area contributed by atoms with Crippen LogP contribution in [0.5, 0.6) is 0 Å². The summed E-state index contributed by atoms with van der Waals surface area (Å²) < 4.78 is 1.61. The molecule has 0 unspecified atom stereocenters. The zero-order valence-corrected chi connectivity index (χ0v) is 8.93. The third kappa shape index (κ3) is 3.05. The quantitative estimate of drug-likeness (QED) is 0.464. The summed E-state index contributed by atoms with van der Waals surface area (Å²) in [6.07, 6.45) is 3.07. The van der Waals surface area contributed by atoms with Crippen molar-refractivity contribution in [1.82, 2.24) is 9.78 Å². The lowest BCUT2D eigenvalue weighted by Gasteiger charge is -1.96. The van der Waals surface area contributed by atoms with E-state index in [1.54, 1.807) is 24.0 Å². The van der Waals surface area contributed by atoms with E-state index in [2.05, 4.69) is 10.1 Å². The number of carbonyl (C=O) groups excluding carboxylic acids is 1. The summed E-state index contributed by atoms with van der Waals surface area (Å²) in [4.78, 5) is 15.1. The van der Waals surface area contributed by atoms with E-state index in [1.807, 2.05) is 0 Å². The van der Waals surface area contributed by atoms with Gasteiger partial charge in [-0.25, -0.2) is 4.99 Å². The topological polar surface area (TPSA) is 67.5 Å². The molecule has 0 aliphatic heterocycles. The Kier molecular flexibility index (Phi) is 3.38. The Hall–Kier alpha value is -1.91. The number of aliphatic hydroxyl groups excluding tert-OH is 1. The molecule has 0 aliphatic rings. The van der Waals surface area contributed by atoms with Gasteiger partial charge >= 0.3 is 0 Å². The average Bonchev–Trinajstić information content (AvgIpc) is 2.50. The van der Waals surface area contributed by atoms with E-state index in [9.17, 15) is 9.90 Å². The Labute approximate surface area is 87.8 Å². The van der Waals surface area contributed by atoms with Gasteiger partial charge in [-0.15, -0.1) is 0 Å². The molecule has 0 radical (unpaired) electrons. The van der Waals surface area contributed by atoms with Gasteiger partial charge in [0.05, 0.1) is 5.57 Å². The Morgan fingerprint density at radius 3 is 2.67 bits per heavy atom. The Morgan fingerprint density at radius 1 is 1.60 bits per heavy atom. The lowest BCUT2D eigenvalue weighted by atomic mass is 10.2. The van der Waals surface area contributed by atoms with Crippen LogP contribution in [0.4, 0.5) is 5.82 Å². The summed E-state index contributed by atoms with van der Waals surface area (Å²) in [5.74, 6) is 0.231. The number of hydrogen-bond donors (Lipinski definition) is 1. The van der Waals surface area contributed by atoms with Gasteiger partial charge in [0.15, 0.2) is 11.6 Å². The maximum atomic E-state index is 11.1. The summed E-state index contributed by atoms with van der Waals surface area (Å²) in [5, 5.41) is 13.2. The van der Waals surface area contributed by atoms with Crippen LogP contribution in [0.2, 0.25) is 0 Å². The zero-order valence-electron chi connectivity index (χ0n) is 8.93. The highest BCUT2D eigenvalue weighted by Gasteiger charge is 2.04. The molecular weight excluding hydrogens is 194 g/mol. The summed E-state index contributed by atoms with van der Waals surface area (Å²) >= 11 is 0. The van der Waals surface area contributed by atoms with Crippen LogP contribution in [-0.2, 0) is 11.8 Å². The van der Waals surface area contributed by atoms with Gasteiger partial charge in [-0.3, -0.25) is 9.48 Å². The normalized spacial score (nSPS) is 13.0. The predicted molar refractivity (Wildman–Crippen MR) is 57.4 cm³/mol. The molecule has 5 heteroatoms. The number of aliphatic hydroxyl groups is 1. The number of ketones is 1. The second kappa shape index (κ2) is 4.54. The number of aryl methyl sites for hydroxylation is 1. The molecule has 0 aromatic carbocycles. The lowest BCUT2D eigenvalue weighted by molar-refractivity contribution is -0.113. The molecule has 0 fully saturated rings. The van der Waals surface area contributed by atoms with Crippen LogP contribution >= 0.6 is 0 Å². The molecule has 80 valence electrons. The predicted octanol–water partition coefficient (Wildman–Crippen LogP) is 1.54. The number of allylic oxidation sites excluding steroid dienone is 2. The van der Waals surface area contributed by atoms with Crippen LogP contribution in [0.3, 0.4) is 0 Å². The number of aliphatic imine (C=N–C) groups is 1. The van der Waals surface area contributed by atoms with Gasteiger partial charge in [0.2, 0.25) is 0 Å². The minimum Gasteiger partial charge on any atom is -0.512 e. The minimum atomic E-state index is -0.227. The summed E-state index contributed by atoms with van der Waals surface area (Å²) in [6, 6.07) is 1.71. The molecule has 1 rings (SSSR count). The maximum absolute atomic E-state index is 11.1. The Morgan fingerprint density at radius 2 is 2.27 bits per heavy atom. The van der Waals surface area contributed by atoms with Crippen LogP contribution in [0.25, 0.3) is 0 Å². The second-order valence-corrected chi connectivity index (χ2v) is 3.16. The summed E-state index contributed by atoms with van der Waals surface area (Å²) in [5.41, 5.74) is 0.195. The fraction of sp³-hybridized carbons (Fsp3) is 0.300. The summed E-state index contributed by atoms with van der Waals surface area (Å²) in [6.45, 7) is 2.82. The number of hydrogen-bond acceptors (Lipinski definition) is 4. The van der Waals surface area contributed by atoms with Crippen LogP contribution in [0, 0.1) is 0 Å². The van der Waals surface area contributed by atoms with Gasteiger partial charge in [-0.2, -0.15) is 5.10 Å². The van der Waals surface area contributed by atoms with E-state index in [-0.39, 0.29) is 17.1 Å². The first-order valence-electron chi connectivity index (χ1n) is 4.45. The molecule has 15 heavy (non-hydrogen) atoms. The molecule has 1 heterocycles. The third-order valence-corrected chi connectivity index (χ3v) is 1.79. The number of carbonyl (C=O) groups is 1. The standard InChI is InChI=1S/C10H13N3O2/c1-7(14)9(8(2)15)6-11-10-4-5-13(3)12-10/h4-6,14H,1-3H3. The molecule has 0 aliphatic carbocycles. The molecule has 5 nitrogen and oxygen atoms in total. The monoisotopic (exact) mass is 207 g/mol. The highest BCUT2D eigenvalue weighted by Crippen LogP contribution is 2.07. The second-order valence-electron chi connectivity index (χ2n) is 3.16. The first-order chi connectivity index (χ1) is 7.00. The average molecular weight is 207 g/mol. The van der Waals surface area contributed by atoms with E-state index < -0.39 is 0 Å². The molecule has 0 spiro atoms. The van der Waals surface area contributed by atoms with Gasteiger partial charge in [-0.1, -0.05) is 0 Å². The van der Waals surface area contributed by atoms with Gasteiger partial charge < -0.3 is 5.11 Å². The van der Waals surface area contributed by atoms with Crippen molar-refractivity contribution in [2.45, 2.75) is 13.8 Å². The van der Waals surface area contributed by atoms with E-state index >= 15 is 0 Å². The molecule has 1 N–H and O–H groups in total. The highest BCUT2D eigenvalue weighted by atomic mass is 16.3. The maximum Gasteiger partial charge on any atom is 0.173 e. The van der Waals surface area contributed by atoms with Crippen molar-refractivity contribution in [3.63, 3.8) is 0 Å². The van der Waals surface area contributed by atoms with Crippen LogP contribution in [0.15, 0.2) is 28.6 Å². The van der Waals surface area contributed by atoms with Crippen molar-refractivity contribution in [3.05, 3.63) is 23.6 Å². The molecule has 0 saturated heterocycles. The van der Waals surface area contributed by atoms with Gasteiger partial charge in [-0.05, 0) is 13.8 Å².